The zero-order valence-electron chi connectivity index (χ0n) is 14.8. The molecule has 2 aromatic carbocycles. The van der Waals surface area contributed by atoms with Gasteiger partial charge in [0.05, 0.1) is 4.90 Å². The molecule has 26 heavy (non-hydrogen) atoms. The quantitative estimate of drug-likeness (QED) is 0.597. The number of nitriles is 1. The number of sulfonamides is 1. The third-order valence-corrected chi connectivity index (χ3v) is 6.48. The van der Waals surface area contributed by atoms with E-state index in [1.165, 1.54) is 56.3 Å². The Hall–Kier alpha value is -2.32. The van der Waals surface area contributed by atoms with Crippen LogP contribution < -0.4 is 4.72 Å². The summed E-state index contributed by atoms with van der Waals surface area (Å²) in [4.78, 5) is 0.122. The van der Waals surface area contributed by atoms with Crippen LogP contribution in [0.1, 0.15) is 44.1 Å². The normalized spacial score (nSPS) is 15.3. The topological polar surface area (TPSA) is 70.0 Å². The van der Waals surface area contributed by atoms with Gasteiger partial charge in [-0.1, -0.05) is 74.6 Å². The van der Waals surface area contributed by atoms with E-state index in [0.29, 0.717) is 5.56 Å². The number of aryl methyl sites for hydroxylation is 1. The monoisotopic (exact) mass is 368 g/mol. The smallest absolute Gasteiger partial charge is 0.215 e. The van der Waals surface area contributed by atoms with Crippen molar-refractivity contribution in [2.24, 2.45) is 5.92 Å². The SMILES string of the molecule is N#CNS(=O)(=O)c1ccccc1-c1ccc(CCC2CCCCC2)cc1. The number of hydrogen-bond donors (Lipinski definition) is 1. The van der Waals surface area contributed by atoms with E-state index in [1.54, 1.807) is 18.2 Å². The molecule has 0 unspecified atom stereocenters. The summed E-state index contributed by atoms with van der Waals surface area (Å²) < 4.78 is 26.4. The second-order valence-electron chi connectivity index (χ2n) is 6.95. The summed E-state index contributed by atoms with van der Waals surface area (Å²) in [6, 6.07) is 14.9. The predicted octanol–water partition coefficient (Wildman–Crippen LogP) is 4.63. The highest BCUT2D eigenvalue weighted by Gasteiger charge is 2.18. The fourth-order valence-corrected chi connectivity index (χ4v) is 4.72. The van der Waals surface area contributed by atoms with Crippen molar-refractivity contribution < 1.29 is 8.42 Å². The molecule has 0 atom stereocenters. The van der Waals surface area contributed by atoms with Crippen LogP contribution in [0.15, 0.2) is 53.4 Å². The lowest BCUT2D eigenvalue weighted by Crippen LogP contribution is -2.18. The first-order valence-electron chi connectivity index (χ1n) is 9.19. The molecule has 0 aromatic heterocycles. The molecule has 136 valence electrons. The highest BCUT2D eigenvalue weighted by molar-refractivity contribution is 7.89. The molecule has 3 rings (SSSR count). The van der Waals surface area contributed by atoms with E-state index in [2.05, 4.69) is 12.1 Å². The molecule has 0 bridgehead atoms. The lowest BCUT2D eigenvalue weighted by molar-refractivity contribution is 0.339. The second-order valence-corrected chi connectivity index (χ2v) is 8.60. The van der Waals surface area contributed by atoms with Gasteiger partial charge in [-0.15, -0.1) is 0 Å². The maximum atomic E-state index is 12.2. The van der Waals surface area contributed by atoms with Gasteiger partial charge in [-0.3, -0.25) is 0 Å². The highest BCUT2D eigenvalue weighted by Crippen LogP contribution is 2.29. The van der Waals surface area contributed by atoms with Gasteiger partial charge in [-0.05, 0) is 36.0 Å². The van der Waals surface area contributed by atoms with Crippen LogP contribution in [0, 0.1) is 17.4 Å². The molecule has 4 nitrogen and oxygen atoms in total. The van der Waals surface area contributed by atoms with Gasteiger partial charge in [0.1, 0.15) is 0 Å². The Morgan fingerprint density at radius 3 is 2.38 bits per heavy atom. The predicted molar refractivity (Wildman–Crippen MR) is 103 cm³/mol. The first-order valence-corrected chi connectivity index (χ1v) is 10.7. The molecular formula is C21H24N2O2S. The maximum absolute atomic E-state index is 12.2. The zero-order chi connectivity index (χ0) is 18.4. The Morgan fingerprint density at radius 1 is 1.00 bits per heavy atom. The van der Waals surface area contributed by atoms with Crippen LogP contribution in [0.25, 0.3) is 11.1 Å². The van der Waals surface area contributed by atoms with E-state index in [9.17, 15) is 8.42 Å². The maximum Gasteiger partial charge on any atom is 0.270 e. The minimum absolute atomic E-state index is 0.122. The fourth-order valence-electron chi connectivity index (χ4n) is 3.75. The van der Waals surface area contributed by atoms with Crippen LogP contribution in [0.4, 0.5) is 0 Å². The molecule has 0 heterocycles. The molecule has 0 amide bonds. The molecular weight excluding hydrogens is 344 g/mol. The standard InChI is InChI=1S/C21H24N2O2S/c22-16-23-26(24,25)21-9-5-4-8-20(21)19-14-12-18(13-15-19)11-10-17-6-2-1-3-7-17/h4-5,8-9,12-15,17,23H,1-3,6-7,10-11H2. The summed E-state index contributed by atoms with van der Waals surface area (Å²) in [6.07, 6.45) is 10.6. The molecule has 1 aliphatic carbocycles. The van der Waals surface area contributed by atoms with Crippen molar-refractivity contribution in [2.45, 2.75) is 49.8 Å². The van der Waals surface area contributed by atoms with Gasteiger partial charge in [0.25, 0.3) is 10.0 Å². The number of hydrogen-bond acceptors (Lipinski definition) is 3. The van der Waals surface area contributed by atoms with Gasteiger partial charge in [-0.2, -0.15) is 5.26 Å². The van der Waals surface area contributed by atoms with Gasteiger partial charge < -0.3 is 0 Å². The molecule has 1 fully saturated rings. The van der Waals surface area contributed by atoms with Crippen molar-refractivity contribution >= 4 is 10.0 Å². The molecule has 2 aromatic rings. The lowest BCUT2D eigenvalue weighted by Gasteiger charge is -2.21. The first kappa shape index (κ1) is 18.5. The number of nitrogens with zero attached hydrogens (tertiary/aromatic N) is 1. The third kappa shape index (κ3) is 4.44. The molecule has 0 aliphatic heterocycles. The summed E-state index contributed by atoms with van der Waals surface area (Å²) in [6.45, 7) is 0. The first-order chi connectivity index (χ1) is 12.6. The van der Waals surface area contributed by atoms with Crippen LogP contribution in [-0.2, 0) is 16.4 Å². The third-order valence-electron chi connectivity index (χ3n) is 5.19. The van der Waals surface area contributed by atoms with Crippen molar-refractivity contribution in [3.05, 3.63) is 54.1 Å². The summed E-state index contributed by atoms with van der Waals surface area (Å²) in [5.41, 5.74) is 2.73. The number of rotatable bonds is 6. The van der Waals surface area contributed by atoms with Crippen molar-refractivity contribution in [3.63, 3.8) is 0 Å². The average molecular weight is 369 g/mol. The summed E-state index contributed by atoms with van der Waals surface area (Å²) in [5, 5.41) is 8.69. The van der Waals surface area contributed by atoms with Gasteiger partial charge >= 0.3 is 0 Å². The number of benzene rings is 2. The molecule has 0 radical (unpaired) electrons. The molecule has 1 aliphatic rings. The summed E-state index contributed by atoms with van der Waals surface area (Å²) in [7, 11) is -3.84. The van der Waals surface area contributed by atoms with E-state index in [-0.39, 0.29) is 4.90 Å². The van der Waals surface area contributed by atoms with Crippen molar-refractivity contribution in [1.82, 2.24) is 4.72 Å². The van der Waals surface area contributed by atoms with E-state index >= 15 is 0 Å². The van der Waals surface area contributed by atoms with Crippen LogP contribution >= 0.6 is 0 Å². The molecule has 0 spiro atoms. The van der Waals surface area contributed by atoms with E-state index in [0.717, 1.165) is 17.9 Å². The van der Waals surface area contributed by atoms with Crippen LogP contribution in [0.2, 0.25) is 0 Å². The molecule has 1 N–H and O–H groups in total. The Kier molecular flexibility index (Phi) is 5.95. The summed E-state index contributed by atoms with van der Waals surface area (Å²) in [5.74, 6) is 0.853. The highest BCUT2D eigenvalue weighted by atomic mass is 32.2. The van der Waals surface area contributed by atoms with Crippen LogP contribution in [0.3, 0.4) is 0 Å². The van der Waals surface area contributed by atoms with Gasteiger partial charge in [0, 0.05) is 5.56 Å². The fraction of sp³-hybridized carbons (Fsp3) is 0.381. The summed E-state index contributed by atoms with van der Waals surface area (Å²) >= 11 is 0. The van der Waals surface area contributed by atoms with Crippen LogP contribution in [-0.4, -0.2) is 8.42 Å². The Bertz CT molecular complexity index is 877. The van der Waals surface area contributed by atoms with Gasteiger partial charge in [0.15, 0.2) is 6.19 Å². The van der Waals surface area contributed by atoms with Crippen molar-refractivity contribution in [1.29, 1.82) is 5.26 Å². The molecule has 5 heteroatoms. The minimum atomic E-state index is -3.84. The van der Waals surface area contributed by atoms with Gasteiger partial charge in [-0.25, -0.2) is 13.1 Å². The van der Waals surface area contributed by atoms with Crippen LogP contribution in [0.5, 0.6) is 0 Å². The Balaban J connectivity index is 1.76. The van der Waals surface area contributed by atoms with E-state index in [1.807, 2.05) is 16.9 Å². The molecule has 1 saturated carbocycles. The second kappa shape index (κ2) is 8.37. The van der Waals surface area contributed by atoms with Crippen molar-refractivity contribution in [3.8, 4) is 17.3 Å². The molecule has 0 saturated heterocycles. The largest absolute Gasteiger partial charge is 0.270 e. The zero-order valence-corrected chi connectivity index (χ0v) is 15.6. The average Bonchev–Trinajstić information content (AvgIpc) is 2.68. The van der Waals surface area contributed by atoms with E-state index < -0.39 is 10.0 Å². The number of nitrogens with one attached hydrogen (secondary N) is 1. The van der Waals surface area contributed by atoms with Crippen molar-refractivity contribution in [2.75, 3.05) is 0 Å². The minimum Gasteiger partial charge on any atom is -0.215 e. The van der Waals surface area contributed by atoms with E-state index in [4.69, 9.17) is 5.26 Å². The van der Waals surface area contributed by atoms with Gasteiger partial charge in [0.2, 0.25) is 0 Å². The lowest BCUT2D eigenvalue weighted by atomic mass is 9.85. The Morgan fingerprint density at radius 2 is 1.69 bits per heavy atom. The Labute approximate surface area is 155 Å².